The summed E-state index contributed by atoms with van der Waals surface area (Å²) in [6.45, 7) is 1.20. The van der Waals surface area contributed by atoms with Crippen molar-refractivity contribution in [3.05, 3.63) is 82.2 Å². The Morgan fingerprint density at radius 2 is 2.00 bits per heavy atom. The summed E-state index contributed by atoms with van der Waals surface area (Å²) in [6.07, 6.45) is 2.77. The number of rotatable bonds is 4. The Kier molecular flexibility index (Phi) is 6.09. The number of carbonyl (C=O) groups excluding carboxylic acids is 2. The van der Waals surface area contributed by atoms with E-state index in [-0.39, 0.29) is 23.5 Å². The van der Waals surface area contributed by atoms with E-state index in [1.807, 2.05) is 18.2 Å². The van der Waals surface area contributed by atoms with Crippen LogP contribution in [0.25, 0.3) is 11.3 Å². The van der Waals surface area contributed by atoms with E-state index in [0.717, 1.165) is 5.56 Å². The molecule has 164 valence electrons. The summed E-state index contributed by atoms with van der Waals surface area (Å²) in [5.74, 6) is -0.406. The van der Waals surface area contributed by atoms with Gasteiger partial charge in [0.1, 0.15) is 11.8 Å². The van der Waals surface area contributed by atoms with Gasteiger partial charge in [-0.3, -0.25) is 19.4 Å². The van der Waals surface area contributed by atoms with E-state index in [1.165, 1.54) is 10.6 Å². The zero-order chi connectivity index (χ0) is 22.7. The maximum Gasteiger partial charge on any atom is 0.269 e. The number of pyridine rings is 3. The molecule has 0 spiro atoms. The lowest BCUT2D eigenvalue weighted by molar-refractivity contribution is -0.0247. The molecule has 1 aliphatic rings. The Morgan fingerprint density at radius 3 is 2.72 bits per heavy atom. The Labute approximate surface area is 184 Å². The topological polar surface area (TPSA) is 106 Å². The second-order valence-electron chi connectivity index (χ2n) is 7.44. The molecule has 4 heterocycles. The molecule has 9 heteroatoms. The molecule has 32 heavy (non-hydrogen) atoms. The summed E-state index contributed by atoms with van der Waals surface area (Å²) in [6, 6.07) is 12.0. The van der Waals surface area contributed by atoms with Crippen molar-refractivity contribution in [2.45, 2.75) is 6.10 Å². The first kappa shape index (κ1) is 21.4. The molecule has 9 nitrogen and oxygen atoms in total. The van der Waals surface area contributed by atoms with Crippen molar-refractivity contribution in [3.63, 3.8) is 0 Å². The predicted molar refractivity (Wildman–Crippen MR) is 117 cm³/mol. The van der Waals surface area contributed by atoms with Gasteiger partial charge in [0, 0.05) is 44.7 Å². The summed E-state index contributed by atoms with van der Waals surface area (Å²) < 4.78 is 7.29. The highest BCUT2D eigenvalue weighted by Crippen LogP contribution is 2.25. The number of hydrogen-bond acceptors (Lipinski definition) is 6. The molecule has 1 aliphatic heterocycles. The van der Waals surface area contributed by atoms with Crippen LogP contribution in [-0.2, 0) is 11.8 Å². The molecule has 3 aromatic rings. The SMILES string of the molecule is CNC(=O)c1ccc(-c2cccc([C@H]3CN(C(=O)c4ccc(=O)n(C)c4)CCO3)n2)cn1. The molecule has 0 radical (unpaired) electrons. The first-order valence-corrected chi connectivity index (χ1v) is 10.2. The molecule has 1 atom stereocenters. The van der Waals surface area contributed by atoms with Crippen molar-refractivity contribution >= 4 is 11.8 Å². The fourth-order valence-electron chi connectivity index (χ4n) is 3.52. The lowest BCUT2D eigenvalue weighted by Crippen LogP contribution is -2.42. The highest BCUT2D eigenvalue weighted by molar-refractivity contribution is 5.94. The van der Waals surface area contributed by atoms with Crippen LogP contribution in [-0.4, -0.2) is 58.0 Å². The molecule has 1 fully saturated rings. The van der Waals surface area contributed by atoms with Crippen LogP contribution in [0.2, 0.25) is 0 Å². The van der Waals surface area contributed by atoms with Gasteiger partial charge in [0.05, 0.1) is 30.1 Å². The molecule has 2 amide bonds. The second kappa shape index (κ2) is 9.11. The van der Waals surface area contributed by atoms with Crippen molar-refractivity contribution in [1.29, 1.82) is 0 Å². The molecule has 1 N–H and O–H groups in total. The number of nitrogens with zero attached hydrogens (tertiary/aromatic N) is 4. The van der Waals surface area contributed by atoms with Gasteiger partial charge >= 0.3 is 0 Å². The normalized spacial score (nSPS) is 15.9. The van der Waals surface area contributed by atoms with Gasteiger partial charge in [0.15, 0.2) is 0 Å². The monoisotopic (exact) mass is 433 g/mol. The Morgan fingerprint density at radius 1 is 1.16 bits per heavy atom. The summed E-state index contributed by atoms with van der Waals surface area (Å²) in [5.41, 5.74) is 2.79. The predicted octanol–water partition coefficient (Wildman–Crippen LogP) is 1.42. The van der Waals surface area contributed by atoms with E-state index in [9.17, 15) is 14.4 Å². The van der Waals surface area contributed by atoms with E-state index in [2.05, 4.69) is 10.3 Å². The molecule has 0 saturated carbocycles. The summed E-state index contributed by atoms with van der Waals surface area (Å²) in [4.78, 5) is 46.8. The summed E-state index contributed by atoms with van der Waals surface area (Å²) in [7, 11) is 3.17. The standard InChI is InChI=1S/C23H23N5O4/c1-24-22(30)19-8-6-15(12-25-19)17-4-3-5-18(26-17)20-14-28(10-11-32-20)23(31)16-7-9-21(29)27(2)13-16/h3-9,12-13,20H,10-11,14H2,1-2H3,(H,24,30)/t20-/m1/s1. The first-order valence-electron chi connectivity index (χ1n) is 10.2. The quantitative estimate of drug-likeness (QED) is 0.667. The number of aromatic nitrogens is 3. The molecule has 0 unspecified atom stereocenters. The van der Waals surface area contributed by atoms with Gasteiger partial charge in [-0.2, -0.15) is 0 Å². The molecule has 0 bridgehead atoms. The molecular weight excluding hydrogens is 410 g/mol. The molecule has 0 aliphatic carbocycles. The average Bonchev–Trinajstić information content (AvgIpc) is 2.85. The van der Waals surface area contributed by atoms with Crippen LogP contribution in [0.1, 0.15) is 32.6 Å². The molecule has 0 aromatic carbocycles. The minimum absolute atomic E-state index is 0.154. The minimum atomic E-state index is -0.377. The second-order valence-corrected chi connectivity index (χ2v) is 7.44. The van der Waals surface area contributed by atoms with Gasteiger partial charge in [-0.05, 0) is 30.3 Å². The summed E-state index contributed by atoms with van der Waals surface area (Å²) >= 11 is 0. The number of nitrogens with one attached hydrogen (secondary N) is 1. The first-order chi connectivity index (χ1) is 15.5. The van der Waals surface area contributed by atoms with Crippen LogP contribution >= 0.6 is 0 Å². The molecule has 4 rings (SSSR count). The third-order valence-corrected chi connectivity index (χ3v) is 5.31. The van der Waals surface area contributed by atoms with Gasteiger partial charge in [-0.25, -0.2) is 4.98 Å². The van der Waals surface area contributed by atoms with E-state index in [0.29, 0.717) is 42.3 Å². The smallest absolute Gasteiger partial charge is 0.269 e. The van der Waals surface area contributed by atoms with Crippen LogP contribution in [0.15, 0.2) is 59.7 Å². The Hall–Kier alpha value is -3.85. The van der Waals surface area contributed by atoms with Crippen molar-refractivity contribution in [2.24, 2.45) is 7.05 Å². The van der Waals surface area contributed by atoms with Crippen LogP contribution in [0, 0.1) is 0 Å². The van der Waals surface area contributed by atoms with Gasteiger partial charge in [0.2, 0.25) is 5.56 Å². The Balaban J connectivity index is 1.52. The van der Waals surface area contributed by atoms with Crippen LogP contribution < -0.4 is 10.9 Å². The molecular formula is C23H23N5O4. The largest absolute Gasteiger partial charge is 0.368 e. The fourth-order valence-corrected chi connectivity index (χ4v) is 3.52. The third-order valence-electron chi connectivity index (χ3n) is 5.31. The van der Waals surface area contributed by atoms with E-state index in [4.69, 9.17) is 9.72 Å². The minimum Gasteiger partial charge on any atom is -0.368 e. The molecule has 3 aromatic heterocycles. The van der Waals surface area contributed by atoms with Gasteiger partial charge < -0.3 is 19.5 Å². The van der Waals surface area contributed by atoms with Gasteiger partial charge in [-0.1, -0.05) is 6.07 Å². The zero-order valence-electron chi connectivity index (χ0n) is 17.8. The number of carbonyl (C=O) groups is 2. The van der Waals surface area contributed by atoms with Crippen LogP contribution in [0.4, 0.5) is 0 Å². The van der Waals surface area contributed by atoms with Crippen LogP contribution in [0.3, 0.4) is 0 Å². The number of amides is 2. The van der Waals surface area contributed by atoms with E-state index < -0.39 is 0 Å². The number of ether oxygens (including phenoxy) is 1. The fraction of sp³-hybridized carbons (Fsp3) is 0.261. The summed E-state index contributed by atoms with van der Waals surface area (Å²) in [5, 5.41) is 2.54. The lowest BCUT2D eigenvalue weighted by atomic mass is 10.1. The zero-order valence-corrected chi connectivity index (χ0v) is 17.8. The Bertz CT molecular complexity index is 1210. The van der Waals surface area contributed by atoms with E-state index >= 15 is 0 Å². The third kappa shape index (κ3) is 4.42. The lowest BCUT2D eigenvalue weighted by Gasteiger charge is -2.33. The van der Waals surface area contributed by atoms with E-state index in [1.54, 1.807) is 49.6 Å². The highest BCUT2D eigenvalue weighted by Gasteiger charge is 2.27. The van der Waals surface area contributed by atoms with Crippen molar-refractivity contribution in [3.8, 4) is 11.3 Å². The van der Waals surface area contributed by atoms with Crippen molar-refractivity contribution in [1.82, 2.24) is 24.8 Å². The number of morpholine rings is 1. The maximum atomic E-state index is 12.9. The maximum absolute atomic E-state index is 12.9. The number of aryl methyl sites for hydroxylation is 1. The average molecular weight is 433 g/mol. The number of hydrogen-bond donors (Lipinski definition) is 1. The van der Waals surface area contributed by atoms with Gasteiger partial charge in [-0.15, -0.1) is 0 Å². The van der Waals surface area contributed by atoms with Crippen molar-refractivity contribution < 1.29 is 14.3 Å². The molecule has 1 saturated heterocycles. The van der Waals surface area contributed by atoms with Gasteiger partial charge in [0.25, 0.3) is 11.8 Å². The highest BCUT2D eigenvalue weighted by atomic mass is 16.5. The van der Waals surface area contributed by atoms with Crippen molar-refractivity contribution in [2.75, 3.05) is 26.7 Å². The van der Waals surface area contributed by atoms with Crippen LogP contribution in [0.5, 0.6) is 0 Å².